The van der Waals surface area contributed by atoms with Crippen LogP contribution >= 0.6 is 0 Å². The van der Waals surface area contributed by atoms with E-state index in [2.05, 4.69) is 13.8 Å². The Morgan fingerprint density at radius 2 is 0.512 bits per heavy atom. The van der Waals surface area contributed by atoms with Crippen molar-refractivity contribution in [2.45, 2.75) is 251 Å². The second-order valence-electron chi connectivity index (χ2n) is 14.0. The van der Waals surface area contributed by atoms with Gasteiger partial charge in [-0.2, -0.15) is 0 Å². The molecule has 0 aromatic heterocycles. The summed E-state index contributed by atoms with van der Waals surface area (Å²) in [6, 6.07) is 0. The van der Waals surface area contributed by atoms with Crippen LogP contribution in [0.4, 0.5) is 0 Å². The molecule has 43 heavy (non-hydrogen) atoms. The van der Waals surface area contributed by atoms with E-state index in [-0.39, 0.29) is 5.97 Å². The van der Waals surface area contributed by atoms with E-state index in [9.17, 15) is 4.79 Å². The fourth-order valence-electron chi connectivity index (χ4n) is 6.43. The maximum Gasteiger partial charge on any atom is 0.305 e. The fourth-order valence-corrected chi connectivity index (χ4v) is 6.43. The largest absolute Gasteiger partial charge is 0.466 e. The van der Waals surface area contributed by atoms with Crippen molar-refractivity contribution in [3.8, 4) is 0 Å². The van der Waals surface area contributed by atoms with Crippen molar-refractivity contribution in [2.75, 3.05) is 6.61 Å². The minimum atomic E-state index is 0.0280. The summed E-state index contributed by atoms with van der Waals surface area (Å²) in [5, 5.41) is 0. The Bertz CT molecular complexity index is 502. The van der Waals surface area contributed by atoms with Gasteiger partial charge in [0, 0.05) is 6.42 Å². The quantitative estimate of drug-likeness (QED) is 0.0516. The fraction of sp³-hybridized carbons (Fsp3) is 0.976. The first kappa shape index (κ1) is 42.5. The lowest BCUT2D eigenvalue weighted by Crippen LogP contribution is -2.05. The van der Waals surface area contributed by atoms with Crippen LogP contribution in [0.2, 0.25) is 0 Å². The van der Waals surface area contributed by atoms with Crippen molar-refractivity contribution < 1.29 is 9.53 Å². The van der Waals surface area contributed by atoms with Gasteiger partial charge in [-0.1, -0.05) is 232 Å². The molecule has 0 aliphatic carbocycles. The maximum absolute atomic E-state index is 11.9. The maximum atomic E-state index is 11.9. The van der Waals surface area contributed by atoms with Crippen LogP contribution in [0.3, 0.4) is 0 Å². The molecule has 0 radical (unpaired) electrons. The molecule has 0 saturated heterocycles. The zero-order chi connectivity index (χ0) is 31.2. The lowest BCUT2D eigenvalue weighted by molar-refractivity contribution is -0.143. The Morgan fingerprint density at radius 3 is 0.767 bits per heavy atom. The number of carbonyl (C=O) groups excluding carboxylic acids is 1. The molecule has 0 spiro atoms. The average Bonchev–Trinajstić information content (AvgIpc) is 3.01. The van der Waals surface area contributed by atoms with Crippen molar-refractivity contribution in [3.63, 3.8) is 0 Å². The smallest absolute Gasteiger partial charge is 0.305 e. The lowest BCUT2D eigenvalue weighted by Gasteiger charge is -2.06. The van der Waals surface area contributed by atoms with Gasteiger partial charge in [-0.15, -0.1) is 0 Å². The van der Waals surface area contributed by atoms with Gasteiger partial charge in [-0.25, -0.2) is 0 Å². The molecule has 0 heterocycles. The zero-order valence-corrected chi connectivity index (χ0v) is 30.2. The number of carbonyl (C=O) groups is 1. The van der Waals surface area contributed by atoms with Gasteiger partial charge >= 0.3 is 5.97 Å². The van der Waals surface area contributed by atoms with Gasteiger partial charge < -0.3 is 4.74 Å². The third kappa shape index (κ3) is 39.4. The lowest BCUT2D eigenvalue weighted by atomic mass is 10.0. The molecule has 0 unspecified atom stereocenters. The molecule has 0 aromatic rings. The molecule has 258 valence electrons. The van der Waals surface area contributed by atoms with E-state index >= 15 is 0 Å². The molecule has 0 saturated carbocycles. The Hall–Kier alpha value is -0.530. The summed E-state index contributed by atoms with van der Waals surface area (Å²) < 4.78 is 5.45. The molecule has 0 aromatic carbocycles. The highest BCUT2D eigenvalue weighted by molar-refractivity contribution is 5.69. The second-order valence-corrected chi connectivity index (χ2v) is 14.0. The summed E-state index contributed by atoms with van der Waals surface area (Å²) in [5.74, 6) is 0.0280. The van der Waals surface area contributed by atoms with E-state index < -0.39 is 0 Å². The van der Waals surface area contributed by atoms with Gasteiger partial charge in [0.2, 0.25) is 0 Å². The molecular formula is C41H82O2. The van der Waals surface area contributed by atoms with E-state index in [1.165, 1.54) is 218 Å². The molecule has 0 bridgehead atoms. The standard InChI is InChI=1S/C41H82O2/c1-3-5-7-9-11-13-15-16-17-18-19-20-21-22-23-24-25-26-27-28-30-32-34-36-38-40-43-41(42)39-37-35-33-31-29-14-12-10-8-6-4-2/h3-40H2,1-2H3. The van der Waals surface area contributed by atoms with Crippen LogP contribution in [0.15, 0.2) is 0 Å². The van der Waals surface area contributed by atoms with Crippen LogP contribution in [0, 0.1) is 0 Å². The van der Waals surface area contributed by atoms with Crippen LogP contribution < -0.4 is 0 Å². The predicted octanol–water partition coefficient (Wildman–Crippen LogP) is 15.0. The third-order valence-electron chi connectivity index (χ3n) is 9.50. The molecule has 0 rings (SSSR count). The van der Waals surface area contributed by atoms with Crippen LogP contribution in [0.1, 0.15) is 251 Å². The van der Waals surface area contributed by atoms with Crippen molar-refractivity contribution in [2.24, 2.45) is 0 Å². The predicted molar refractivity (Wildman–Crippen MR) is 193 cm³/mol. The van der Waals surface area contributed by atoms with E-state index in [4.69, 9.17) is 4.74 Å². The first-order valence-corrected chi connectivity index (χ1v) is 20.5. The normalized spacial score (nSPS) is 11.4. The number of esters is 1. The van der Waals surface area contributed by atoms with E-state index in [0.717, 1.165) is 12.8 Å². The zero-order valence-electron chi connectivity index (χ0n) is 30.2. The van der Waals surface area contributed by atoms with Gasteiger partial charge in [0.1, 0.15) is 0 Å². The van der Waals surface area contributed by atoms with Gasteiger partial charge in [0.25, 0.3) is 0 Å². The van der Waals surface area contributed by atoms with E-state index in [0.29, 0.717) is 13.0 Å². The Balaban J connectivity index is 3.12. The van der Waals surface area contributed by atoms with Crippen LogP contribution in [-0.2, 0) is 9.53 Å². The van der Waals surface area contributed by atoms with E-state index in [1.54, 1.807) is 0 Å². The summed E-state index contributed by atoms with van der Waals surface area (Å²) in [4.78, 5) is 11.9. The van der Waals surface area contributed by atoms with Crippen molar-refractivity contribution >= 4 is 5.97 Å². The molecule has 0 N–H and O–H groups in total. The Labute approximate surface area is 273 Å². The third-order valence-corrected chi connectivity index (χ3v) is 9.50. The van der Waals surface area contributed by atoms with Crippen molar-refractivity contribution in [3.05, 3.63) is 0 Å². The van der Waals surface area contributed by atoms with Gasteiger partial charge in [-0.3, -0.25) is 4.79 Å². The number of hydrogen-bond acceptors (Lipinski definition) is 2. The highest BCUT2D eigenvalue weighted by Crippen LogP contribution is 2.16. The van der Waals surface area contributed by atoms with Gasteiger partial charge in [-0.05, 0) is 12.8 Å². The SMILES string of the molecule is CCCCCCCCCCCCCCCCCCCCCCCCCCCOC(=O)CCCCCCCCCCCCC. The van der Waals surface area contributed by atoms with Gasteiger partial charge in [0.05, 0.1) is 6.61 Å². The van der Waals surface area contributed by atoms with Crippen LogP contribution in [0.5, 0.6) is 0 Å². The minimum absolute atomic E-state index is 0.0280. The summed E-state index contributed by atoms with van der Waals surface area (Å²) >= 11 is 0. The minimum Gasteiger partial charge on any atom is -0.466 e. The first-order valence-electron chi connectivity index (χ1n) is 20.5. The molecule has 0 aliphatic rings. The van der Waals surface area contributed by atoms with Crippen molar-refractivity contribution in [1.82, 2.24) is 0 Å². The average molecular weight is 607 g/mol. The molecule has 2 nitrogen and oxygen atoms in total. The Morgan fingerprint density at radius 1 is 0.302 bits per heavy atom. The molecule has 0 fully saturated rings. The molecule has 0 amide bonds. The topological polar surface area (TPSA) is 26.3 Å². The Kier molecular flexibility index (Phi) is 39.0. The number of rotatable bonds is 38. The molecular weight excluding hydrogens is 524 g/mol. The summed E-state index contributed by atoms with van der Waals surface area (Å²) in [6.07, 6.45) is 50.6. The summed E-state index contributed by atoms with van der Waals surface area (Å²) in [7, 11) is 0. The van der Waals surface area contributed by atoms with E-state index in [1.807, 2.05) is 0 Å². The number of hydrogen-bond donors (Lipinski definition) is 0. The van der Waals surface area contributed by atoms with Crippen LogP contribution in [0.25, 0.3) is 0 Å². The van der Waals surface area contributed by atoms with Crippen LogP contribution in [-0.4, -0.2) is 12.6 Å². The van der Waals surface area contributed by atoms with Gasteiger partial charge in [0.15, 0.2) is 0 Å². The molecule has 0 atom stereocenters. The highest BCUT2D eigenvalue weighted by atomic mass is 16.5. The monoisotopic (exact) mass is 607 g/mol. The second kappa shape index (κ2) is 39.5. The molecule has 2 heteroatoms. The van der Waals surface area contributed by atoms with Crippen molar-refractivity contribution in [1.29, 1.82) is 0 Å². The summed E-state index contributed by atoms with van der Waals surface area (Å²) in [5.41, 5.74) is 0. The highest BCUT2D eigenvalue weighted by Gasteiger charge is 2.03. The summed E-state index contributed by atoms with van der Waals surface area (Å²) in [6.45, 7) is 5.22. The number of unbranched alkanes of at least 4 members (excludes halogenated alkanes) is 34. The number of ether oxygens (including phenoxy) is 1. The molecule has 0 aliphatic heterocycles. The first-order chi connectivity index (χ1) is 21.3.